The Morgan fingerprint density at radius 3 is 2.83 bits per heavy atom. The van der Waals surface area contributed by atoms with E-state index in [1.807, 2.05) is 6.21 Å². The molecule has 0 amide bonds. The van der Waals surface area contributed by atoms with Crippen LogP contribution in [0.3, 0.4) is 0 Å². The van der Waals surface area contributed by atoms with E-state index in [-0.39, 0.29) is 18.4 Å². The van der Waals surface area contributed by atoms with E-state index in [1.54, 1.807) is 0 Å². The first-order valence-electron chi connectivity index (χ1n) is 6.58. The minimum absolute atomic E-state index is 0.0400. The maximum atomic E-state index is 6.01. The van der Waals surface area contributed by atoms with Gasteiger partial charge in [-0.3, -0.25) is 0 Å². The number of quaternary nitrogens is 1. The van der Waals surface area contributed by atoms with Crippen LogP contribution in [-0.4, -0.2) is 42.9 Å². The molecule has 0 aromatic carbocycles. The van der Waals surface area contributed by atoms with Crippen LogP contribution in [0.5, 0.6) is 0 Å². The van der Waals surface area contributed by atoms with Crippen molar-refractivity contribution in [2.24, 2.45) is 5.10 Å². The highest BCUT2D eigenvalue weighted by Gasteiger charge is 2.37. The van der Waals surface area contributed by atoms with Gasteiger partial charge in [0.1, 0.15) is 24.6 Å². The van der Waals surface area contributed by atoms with Crippen LogP contribution >= 0.6 is 15.9 Å². The van der Waals surface area contributed by atoms with Crippen LogP contribution in [0.25, 0.3) is 0 Å². The van der Waals surface area contributed by atoms with Gasteiger partial charge in [0, 0.05) is 6.61 Å². The third-order valence-corrected chi connectivity index (χ3v) is 4.23. The van der Waals surface area contributed by atoms with Gasteiger partial charge in [-0.05, 0) is 49.0 Å². The van der Waals surface area contributed by atoms with Crippen LogP contribution in [0.15, 0.2) is 15.8 Å². The van der Waals surface area contributed by atoms with Gasteiger partial charge in [-0.2, -0.15) is 4.59 Å². The van der Waals surface area contributed by atoms with Crippen molar-refractivity contribution in [3.05, 3.63) is 10.7 Å². The first-order chi connectivity index (χ1) is 8.51. The molecule has 1 fully saturated rings. The molecular formula is C13H22BrN2O2+. The first-order valence-corrected chi connectivity index (χ1v) is 7.37. The fourth-order valence-electron chi connectivity index (χ4n) is 2.32. The Balaban J connectivity index is 1.92. The van der Waals surface area contributed by atoms with Gasteiger partial charge in [0.15, 0.2) is 6.29 Å². The van der Waals surface area contributed by atoms with Crippen molar-refractivity contribution in [1.82, 2.24) is 0 Å². The highest BCUT2D eigenvalue weighted by Crippen LogP contribution is 2.26. The van der Waals surface area contributed by atoms with Crippen LogP contribution in [0.2, 0.25) is 0 Å². The standard InChI is InChI=1S/C13H22BrN2O2/c1-10(16(3)9-12(14)8-15-16)11(2)18-13-6-4-5-7-17-13/h8-11,13H,4-7H2,1-3H3/q+1. The summed E-state index contributed by atoms with van der Waals surface area (Å²) < 4.78 is 13.2. The molecule has 4 atom stereocenters. The van der Waals surface area contributed by atoms with E-state index in [1.165, 1.54) is 6.42 Å². The molecule has 2 aliphatic rings. The highest BCUT2D eigenvalue weighted by molar-refractivity contribution is 9.12. The van der Waals surface area contributed by atoms with Crippen LogP contribution < -0.4 is 0 Å². The predicted octanol–water partition coefficient (Wildman–Crippen LogP) is 2.99. The van der Waals surface area contributed by atoms with E-state index in [9.17, 15) is 0 Å². The van der Waals surface area contributed by atoms with Crippen molar-refractivity contribution in [3.8, 4) is 0 Å². The summed E-state index contributed by atoms with van der Waals surface area (Å²) in [6.07, 6.45) is 7.35. The number of rotatable bonds is 4. The Kier molecular flexibility index (Phi) is 4.59. The number of halogens is 1. The van der Waals surface area contributed by atoms with Crippen LogP contribution in [0.1, 0.15) is 33.1 Å². The normalized spacial score (nSPS) is 35.3. The molecule has 102 valence electrons. The number of hydrogen-bond donors (Lipinski definition) is 0. The van der Waals surface area contributed by atoms with Crippen molar-refractivity contribution in [2.75, 3.05) is 13.7 Å². The number of ether oxygens (including phenoxy) is 2. The van der Waals surface area contributed by atoms with E-state index in [0.29, 0.717) is 4.59 Å². The van der Waals surface area contributed by atoms with Crippen molar-refractivity contribution in [2.45, 2.75) is 51.5 Å². The van der Waals surface area contributed by atoms with E-state index < -0.39 is 0 Å². The molecule has 0 aromatic rings. The number of hydrogen-bond acceptors (Lipinski definition) is 3. The largest absolute Gasteiger partial charge is 0.353 e. The second-order valence-electron chi connectivity index (χ2n) is 5.23. The molecule has 0 bridgehead atoms. The zero-order valence-corrected chi connectivity index (χ0v) is 12.9. The summed E-state index contributed by atoms with van der Waals surface area (Å²) in [7, 11) is 2.08. The molecule has 0 aromatic heterocycles. The van der Waals surface area contributed by atoms with Gasteiger partial charge in [0.05, 0.1) is 11.5 Å². The zero-order chi connectivity index (χ0) is 13.2. The van der Waals surface area contributed by atoms with Crippen molar-refractivity contribution < 1.29 is 14.1 Å². The molecule has 0 aliphatic carbocycles. The monoisotopic (exact) mass is 317 g/mol. The maximum Gasteiger partial charge on any atom is 0.158 e. The number of allylic oxidation sites excluding steroid dienone is 1. The summed E-state index contributed by atoms with van der Waals surface area (Å²) in [5.41, 5.74) is 0. The van der Waals surface area contributed by atoms with E-state index >= 15 is 0 Å². The summed E-state index contributed by atoms with van der Waals surface area (Å²) in [5.74, 6) is 0. The maximum absolute atomic E-state index is 6.01. The summed E-state index contributed by atoms with van der Waals surface area (Å²) in [6.45, 7) is 5.08. The number of likely N-dealkylation sites (N-methyl/N-ethyl adjacent to an activating group) is 1. The Labute approximate surface area is 117 Å². The fourth-order valence-corrected chi connectivity index (χ4v) is 2.82. The van der Waals surface area contributed by atoms with Gasteiger partial charge < -0.3 is 9.47 Å². The lowest BCUT2D eigenvalue weighted by atomic mass is 10.1. The first kappa shape index (κ1) is 14.2. The van der Waals surface area contributed by atoms with Crippen molar-refractivity contribution in [3.63, 3.8) is 0 Å². The molecular weight excluding hydrogens is 296 g/mol. The zero-order valence-electron chi connectivity index (χ0n) is 11.3. The predicted molar refractivity (Wildman–Crippen MR) is 75.3 cm³/mol. The molecule has 4 unspecified atom stereocenters. The average Bonchev–Trinajstić information content (AvgIpc) is 2.71. The molecule has 4 nitrogen and oxygen atoms in total. The summed E-state index contributed by atoms with van der Waals surface area (Å²) >= 11 is 3.46. The summed E-state index contributed by atoms with van der Waals surface area (Å²) in [6, 6.07) is 0.252. The molecule has 2 rings (SSSR count). The van der Waals surface area contributed by atoms with Crippen LogP contribution in [-0.2, 0) is 9.47 Å². The lowest BCUT2D eigenvalue weighted by molar-refractivity contribution is -0.891. The molecule has 0 saturated carbocycles. The fraction of sp³-hybridized carbons (Fsp3) is 0.769. The molecule has 5 heteroatoms. The lowest BCUT2D eigenvalue weighted by Crippen LogP contribution is -2.48. The smallest absolute Gasteiger partial charge is 0.158 e. The van der Waals surface area contributed by atoms with Crippen molar-refractivity contribution in [1.29, 1.82) is 0 Å². The third-order valence-electron chi connectivity index (χ3n) is 3.82. The van der Waals surface area contributed by atoms with E-state index in [2.05, 4.69) is 48.1 Å². The third kappa shape index (κ3) is 3.20. The topological polar surface area (TPSA) is 30.8 Å². The quantitative estimate of drug-likeness (QED) is 0.746. The van der Waals surface area contributed by atoms with Gasteiger partial charge in [0.25, 0.3) is 0 Å². The lowest BCUT2D eigenvalue weighted by Gasteiger charge is -2.34. The van der Waals surface area contributed by atoms with E-state index in [4.69, 9.17) is 9.47 Å². The molecule has 2 heterocycles. The van der Waals surface area contributed by atoms with Gasteiger partial charge in [0.2, 0.25) is 0 Å². The minimum Gasteiger partial charge on any atom is -0.353 e. The van der Waals surface area contributed by atoms with Gasteiger partial charge in [-0.15, -0.1) is 0 Å². The second-order valence-corrected chi connectivity index (χ2v) is 6.15. The molecule has 18 heavy (non-hydrogen) atoms. The Morgan fingerprint density at radius 2 is 2.28 bits per heavy atom. The summed E-state index contributed by atoms with van der Waals surface area (Å²) in [5, 5.41) is 4.51. The molecule has 0 spiro atoms. The Hall–Kier alpha value is -0.230. The molecule has 1 saturated heterocycles. The van der Waals surface area contributed by atoms with Crippen molar-refractivity contribution >= 4 is 22.1 Å². The SMILES string of the molecule is CC(OC1CCCCO1)C(C)[N+]1(C)C=C(Br)C=N1. The van der Waals surface area contributed by atoms with Gasteiger partial charge in [-0.25, -0.2) is 0 Å². The second kappa shape index (κ2) is 5.82. The van der Waals surface area contributed by atoms with Gasteiger partial charge in [-0.1, -0.05) is 5.10 Å². The molecule has 2 aliphatic heterocycles. The molecule has 0 radical (unpaired) electrons. The Bertz CT molecular complexity index is 353. The van der Waals surface area contributed by atoms with Crippen LogP contribution in [0, 0.1) is 0 Å². The minimum atomic E-state index is -0.0400. The summed E-state index contributed by atoms with van der Waals surface area (Å²) in [4.78, 5) is 0. The Morgan fingerprint density at radius 1 is 1.50 bits per heavy atom. The highest BCUT2D eigenvalue weighted by atomic mass is 79.9. The van der Waals surface area contributed by atoms with E-state index in [0.717, 1.165) is 23.9 Å². The molecule has 0 N–H and O–H groups in total. The van der Waals surface area contributed by atoms with Gasteiger partial charge >= 0.3 is 0 Å². The van der Waals surface area contributed by atoms with Crippen LogP contribution in [0.4, 0.5) is 0 Å². The number of nitrogens with zero attached hydrogens (tertiary/aromatic N) is 2. The average molecular weight is 318 g/mol.